The van der Waals surface area contributed by atoms with Crippen LogP contribution in [0.4, 0.5) is 0 Å². The Balaban J connectivity index is 1.54. The van der Waals surface area contributed by atoms with Crippen molar-refractivity contribution in [2.75, 3.05) is 33.7 Å². The minimum atomic E-state index is -0.342. The Bertz CT molecular complexity index is 655. The van der Waals surface area contributed by atoms with Crippen LogP contribution in [-0.2, 0) is 16.1 Å². The average Bonchev–Trinajstić information content (AvgIpc) is 3.17. The Morgan fingerprint density at radius 1 is 1.48 bits per heavy atom. The first-order chi connectivity index (χ1) is 12.1. The monoisotopic (exact) mass is 342 g/mol. The van der Waals surface area contributed by atoms with Crippen molar-refractivity contribution in [2.24, 2.45) is 0 Å². The van der Waals surface area contributed by atoms with Crippen LogP contribution in [0.15, 0.2) is 24.3 Å². The van der Waals surface area contributed by atoms with E-state index >= 15 is 0 Å². The predicted molar refractivity (Wildman–Crippen MR) is 94.8 cm³/mol. The molecular formula is C19H26N4O2. The molecule has 0 unspecified atom stereocenters. The number of nitrogens with one attached hydrogen (secondary N) is 1. The number of amides is 1. The lowest BCUT2D eigenvalue weighted by atomic mass is 10.1. The van der Waals surface area contributed by atoms with Crippen molar-refractivity contribution in [3.63, 3.8) is 0 Å². The number of hydrogen-bond acceptors (Lipinski definition) is 5. The molecule has 1 amide bonds. The largest absolute Gasteiger partial charge is 0.363 e. The summed E-state index contributed by atoms with van der Waals surface area (Å²) in [6.45, 7) is 3.24. The number of ether oxygens (including phenoxy) is 1. The van der Waals surface area contributed by atoms with Crippen molar-refractivity contribution in [1.82, 2.24) is 15.1 Å². The van der Waals surface area contributed by atoms with E-state index in [-0.39, 0.29) is 24.2 Å². The van der Waals surface area contributed by atoms with Crippen molar-refractivity contribution in [3.8, 4) is 6.07 Å². The summed E-state index contributed by atoms with van der Waals surface area (Å²) >= 11 is 0. The van der Waals surface area contributed by atoms with Gasteiger partial charge in [0.05, 0.1) is 17.7 Å². The highest BCUT2D eigenvalue weighted by molar-refractivity contribution is 5.81. The number of fused-ring (bicyclic) bond motifs is 1. The fourth-order valence-electron chi connectivity index (χ4n) is 3.69. The molecule has 3 atom stereocenters. The normalized spacial score (nSPS) is 25.8. The maximum Gasteiger partial charge on any atom is 0.249 e. The van der Waals surface area contributed by atoms with Crippen molar-refractivity contribution in [2.45, 2.75) is 37.6 Å². The highest BCUT2D eigenvalue weighted by Gasteiger charge is 2.45. The summed E-state index contributed by atoms with van der Waals surface area (Å²) < 4.78 is 6.00. The van der Waals surface area contributed by atoms with E-state index in [1.54, 1.807) is 0 Å². The maximum atomic E-state index is 12.3. The number of likely N-dealkylation sites (N-methyl/N-ethyl adjacent to an activating group) is 1. The molecule has 6 nitrogen and oxygen atoms in total. The molecule has 2 saturated heterocycles. The van der Waals surface area contributed by atoms with Gasteiger partial charge in [-0.15, -0.1) is 0 Å². The van der Waals surface area contributed by atoms with Gasteiger partial charge in [0.25, 0.3) is 0 Å². The standard InChI is InChI=1S/C19H26N4O2/c1-22(2)9-7-21-19(24)18-11-16-17(25-18)6-8-23(16)13-15-5-3-4-14(10-15)12-20/h3-5,10,16-18H,6-9,11,13H2,1-2H3,(H,21,24)/t16-,17-,18+/m1/s1. The molecule has 0 bridgehead atoms. The molecule has 0 aliphatic carbocycles. The van der Waals surface area contributed by atoms with E-state index in [1.165, 1.54) is 0 Å². The number of carbonyl (C=O) groups excluding carboxylic acids is 1. The second-order valence-corrected chi connectivity index (χ2v) is 7.13. The van der Waals surface area contributed by atoms with E-state index in [0.29, 0.717) is 12.1 Å². The van der Waals surface area contributed by atoms with Gasteiger partial charge in [-0.1, -0.05) is 12.1 Å². The maximum absolute atomic E-state index is 12.3. The van der Waals surface area contributed by atoms with Crippen LogP contribution in [0.3, 0.4) is 0 Å². The quantitative estimate of drug-likeness (QED) is 0.834. The zero-order valence-corrected chi connectivity index (χ0v) is 14.9. The minimum absolute atomic E-state index is 0.00248. The summed E-state index contributed by atoms with van der Waals surface area (Å²) in [6, 6.07) is 10.2. The topological polar surface area (TPSA) is 68.6 Å². The highest BCUT2D eigenvalue weighted by atomic mass is 16.5. The summed E-state index contributed by atoms with van der Waals surface area (Å²) in [6.07, 6.45) is 1.51. The van der Waals surface area contributed by atoms with Gasteiger partial charge in [0.2, 0.25) is 5.91 Å². The van der Waals surface area contributed by atoms with Crippen LogP contribution in [0.2, 0.25) is 0 Å². The SMILES string of the molecule is CN(C)CCNC(=O)[C@@H]1C[C@@H]2[C@@H](CCN2Cc2cccc(C#N)c2)O1. The van der Waals surface area contributed by atoms with Crippen LogP contribution < -0.4 is 5.32 Å². The van der Waals surface area contributed by atoms with Crippen LogP contribution in [0.5, 0.6) is 0 Å². The fraction of sp³-hybridized carbons (Fsp3) is 0.579. The summed E-state index contributed by atoms with van der Waals surface area (Å²) in [5.41, 5.74) is 1.83. The zero-order valence-electron chi connectivity index (χ0n) is 14.9. The Kier molecular flexibility index (Phi) is 5.69. The molecule has 0 radical (unpaired) electrons. The lowest BCUT2D eigenvalue weighted by molar-refractivity contribution is -0.132. The number of likely N-dealkylation sites (tertiary alicyclic amines) is 1. The van der Waals surface area contributed by atoms with Crippen LogP contribution in [-0.4, -0.2) is 67.7 Å². The lowest BCUT2D eigenvalue weighted by Gasteiger charge is -2.22. The molecule has 134 valence electrons. The van der Waals surface area contributed by atoms with Gasteiger partial charge in [-0.05, 0) is 38.2 Å². The molecule has 2 heterocycles. The third kappa shape index (κ3) is 4.37. The zero-order chi connectivity index (χ0) is 17.8. The average molecular weight is 342 g/mol. The van der Waals surface area contributed by atoms with Crippen molar-refractivity contribution < 1.29 is 9.53 Å². The minimum Gasteiger partial charge on any atom is -0.363 e. The van der Waals surface area contributed by atoms with Crippen LogP contribution in [0.25, 0.3) is 0 Å². The number of carbonyl (C=O) groups is 1. The van der Waals surface area contributed by atoms with E-state index in [4.69, 9.17) is 10.00 Å². The Hall–Kier alpha value is -1.94. The van der Waals surface area contributed by atoms with Gasteiger partial charge in [0.15, 0.2) is 0 Å². The van der Waals surface area contributed by atoms with E-state index < -0.39 is 0 Å². The molecular weight excluding hydrogens is 316 g/mol. The second-order valence-electron chi connectivity index (χ2n) is 7.13. The van der Waals surface area contributed by atoms with Crippen LogP contribution in [0.1, 0.15) is 24.0 Å². The molecule has 25 heavy (non-hydrogen) atoms. The number of nitriles is 1. The van der Waals surface area contributed by atoms with Crippen LogP contribution in [0, 0.1) is 11.3 Å². The predicted octanol–water partition coefficient (Wildman–Crippen LogP) is 0.968. The van der Waals surface area contributed by atoms with Crippen molar-refractivity contribution in [1.29, 1.82) is 5.26 Å². The molecule has 6 heteroatoms. The molecule has 0 spiro atoms. The van der Waals surface area contributed by atoms with E-state index in [1.807, 2.05) is 37.2 Å². The van der Waals surface area contributed by atoms with E-state index in [9.17, 15) is 4.79 Å². The smallest absolute Gasteiger partial charge is 0.249 e. The number of hydrogen-bond donors (Lipinski definition) is 1. The molecule has 2 fully saturated rings. The van der Waals surface area contributed by atoms with E-state index in [2.05, 4.69) is 22.4 Å². The second kappa shape index (κ2) is 7.96. The summed E-state index contributed by atoms with van der Waals surface area (Å²) in [5, 5.41) is 12.0. The molecule has 1 aromatic carbocycles. The van der Waals surface area contributed by atoms with Crippen molar-refractivity contribution in [3.05, 3.63) is 35.4 Å². The lowest BCUT2D eigenvalue weighted by Crippen LogP contribution is -2.39. The first kappa shape index (κ1) is 17.9. The number of benzene rings is 1. The van der Waals surface area contributed by atoms with E-state index in [0.717, 1.165) is 38.0 Å². The van der Waals surface area contributed by atoms with Crippen LogP contribution >= 0.6 is 0 Å². The van der Waals surface area contributed by atoms with Gasteiger partial charge in [0, 0.05) is 38.6 Å². The molecule has 1 N–H and O–H groups in total. The van der Waals surface area contributed by atoms with Gasteiger partial charge < -0.3 is 15.0 Å². The molecule has 2 aliphatic rings. The number of nitrogens with zero attached hydrogens (tertiary/aromatic N) is 3. The Labute approximate surface area is 149 Å². The summed E-state index contributed by atoms with van der Waals surface area (Å²) in [7, 11) is 3.98. The van der Waals surface area contributed by atoms with Crippen molar-refractivity contribution >= 4 is 5.91 Å². The summed E-state index contributed by atoms with van der Waals surface area (Å²) in [4.78, 5) is 16.7. The first-order valence-electron chi connectivity index (χ1n) is 8.88. The van der Waals surface area contributed by atoms with Gasteiger partial charge in [-0.25, -0.2) is 0 Å². The third-order valence-corrected chi connectivity index (χ3v) is 4.99. The Morgan fingerprint density at radius 2 is 2.32 bits per heavy atom. The molecule has 1 aromatic rings. The molecule has 3 rings (SSSR count). The molecule has 0 aromatic heterocycles. The van der Waals surface area contributed by atoms with Gasteiger partial charge in [0.1, 0.15) is 6.10 Å². The number of rotatable bonds is 6. The fourth-order valence-corrected chi connectivity index (χ4v) is 3.69. The Morgan fingerprint density at radius 3 is 3.08 bits per heavy atom. The highest BCUT2D eigenvalue weighted by Crippen LogP contribution is 2.34. The van der Waals surface area contributed by atoms with Gasteiger partial charge >= 0.3 is 0 Å². The third-order valence-electron chi connectivity index (χ3n) is 4.99. The molecule has 2 aliphatic heterocycles. The first-order valence-corrected chi connectivity index (χ1v) is 8.88. The summed E-state index contributed by atoms with van der Waals surface area (Å²) in [5.74, 6) is 0.00248. The molecule has 0 saturated carbocycles. The van der Waals surface area contributed by atoms with Gasteiger partial charge in [-0.2, -0.15) is 5.26 Å². The van der Waals surface area contributed by atoms with Gasteiger partial charge in [-0.3, -0.25) is 9.69 Å².